The van der Waals surface area contributed by atoms with Crippen LogP contribution in [0.2, 0.25) is 0 Å². The molecule has 0 aromatic heterocycles. The molecule has 112 valence electrons. The minimum Gasteiger partial charge on any atom is -0.497 e. The van der Waals surface area contributed by atoms with Crippen LogP contribution < -0.4 is 14.2 Å². The normalized spacial score (nSPS) is 11.0. The molecule has 0 saturated carbocycles. The first-order chi connectivity index (χ1) is 9.87. The van der Waals surface area contributed by atoms with E-state index < -0.39 is 10.0 Å². The molecule has 0 radical (unpaired) electrons. The van der Waals surface area contributed by atoms with Gasteiger partial charge < -0.3 is 9.47 Å². The van der Waals surface area contributed by atoms with E-state index in [0.29, 0.717) is 22.9 Å². The highest BCUT2D eigenvalue weighted by atomic mass is 32.2. The van der Waals surface area contributed by atoms with Gasteiger partial charge in [-0.2, -0.15) is 0 Å². The van der Waals surface area contributed by atoms with E-state index >= 15 is 0 Å². The Morgan fingerprint density at radius 1 is 1.00 bits per heavy atom. The summed E-state index contributed by atoms with van der Waals surface area (Å²) in [6, 6.07) is 12.4. The maximum absolute atomic E-state index is 11.4. The molecule has 6 heteroatoms. The van der Waals surface area contributed by atoms with Crippen molar-refractivity contribution in [3.63, 3.8) is 0 Å². The second-order valence-electron chi connectivity index (χ2n) is 4.65. The van der Waals surface area contributed by atoms with E-state index in [1.54, 1.807) is 18.2 Å². The minimum absolute atomic E-state index is 0.331. The molecule has 0 atom stereocenters. The lowest BCUT2D eigenvalue weighted by Gasteiger charge is -2.13. The molecule has 5 nitrogen and oxygen atoms in total. The number of sulfonamides is 1. The van der Waals surface area contributed by atoms with Gasteiger partial charge in [-0.3, -0.25) is 4.72 Å². The maximum Gasteiger partial charge on any atom is 0.229 e. The summed E-state index contributed by atoms with van der Waals surface area (Å²) in [5.74, 6) is 1.57. The Labute approximate surface area is 124 Å². The average molecular weight is 307 g/mol. The van der Waals surface area contributed by atoms with Crippen LogP contribution in [0.5, 0.6) is 17.2 Å². The maximum atomic E-state index is 11.4. The first-order valence-electron chi connectivity index (χ1n) is 6.28. The third-order valence-corrected chi connectivity index (χ3v) is 3.32. The quantitative estimate of drug-likeness (QED) is 0.921. The summed E-state index contributed by atoms with van der Waals surface area (Å²) in [6.45, 7) is 1.98. The Balaban J connectivity index is 2.35. The van der Waals surface area contributed by atoms with Crippen molar-refractivity contribution in [1.82, 2.24) is 0 Å². The standard InChI is InChI=1S/C15H17NO4S/c1-11-4-6-12(7-5-11)20-15-9-8-13(19-2)10-14(15)16-21(3,17)18/h4-10,16H,1-3H3. The van der Waals surface area contributed by atoms with Gasteiger partial charge in [0.05, 0.1) is 19.1 Å². The van der Waals surface area contributed by atoms with E-state index in [4.69, 9.17) is 9.47 Å². The second kappa shape index (κ2) is 6.05. The van der Waals surface area contributed by atoms with Crippen molar-refractivity contribution >= 4 is 15.7 Å². The number of anilines is 1. The highest BCUT2D eigenvalue weighted by Crippen LogP contribution is 2.33. The van der Waals surface area contributed by atoms with E-state index in [9.17, 15) is 8.42 Å². The van der Waals surface area contributed by atoms with Gasteiger partial charge in [0, 0.05) is 6.07 Å². The molecule has 0 unspecified atom stereocenters. The van der Waals surface area contributed by atoms with E-state index in [0.717, 1.165) is 11.8 Å². The fourth-order valence-electron chi connectivity index (χ4n) is 1.74. The average Bonchev–Trinajstić information content (AvgIpc) is 2.41. The van der Waals surface area contributed by atoms with Crippen molar-refractivity contribution in [3.8, 4) is 17.2 Å². The molecule has 0 saturated heterocycles. The number of hydrogen-bond donors (Lipinski definition) is 1. The predicted molar refractivity (Wildman–Crippen MR) is 82.7 cm³/mol. The zero-order valence-corrected chi connectivity index (χ0v) is 12.9. The summed E-state index contributed by atoms with van der Waals surface area (Å²) in [4.78, 5) is 0. The van der Waals surface area contributed by atoms with Crippen LogP contribution in [0.3, 0.4) is 0 Å². The lowest BCUT2D eigenvalue weighted by atomic mass is 10.2. The SMILES string of the molecule is COc1ccc(Oc2ccc(C)cc2)c(NS(C)(=O)=O)c1. The topological polar surface area (TPSA) is 64.6 Å². The molecule has 0 aliphatic heterocycles. The number of ether oxygens (including phenoxy) is 2. The van der Waals surface area contributed by atoms with Gasteiger partial charge in [-0.25, -0.2) is 8.42 Å². The molecule has 0 amide bonds. The van der Waals surface area contributed by atoms with Crippen molar-refractivity contribution in [3.05, 3.63) is 48.0 Å². The summed E-state index contributed by atoms with van der Waals surface area (Å²) >= 11 is 0. The first kappa shape index (κ1) is 15.2. The summed E-state index contributed by atoms with van der Waals surface area (Å²) in [6.07, 6.45) is 1.09. The summed E-state index contributed by atoms with van der Waals surface area (Å²) in [5, 5.41) is 0. The van der Waals surface area contributed by atoms with Crippen LogP contribution in [0.4, 0.5) is 5.69 Å². The number of nitrogens with one attached hydrogen (secondary N) is 1. The minimum atomic E-state index is -3.41. The largest absolute Gasteiger partial charge is 0.497 e. The molecule has 0 heterocycles. The lowest BCUT2D eigenvalue weighted by Crippen LogP contribution is -2.10. The van der Waals surface area contributed by atoms with Crippen LogP contribution in [0.15, 0.2) is 42.5 Å². The summed E-state index contributed by atoms with van der Waals surface area (Å²) in [7, 11) is -1.90. The van der Waals surface area contributed by atoms with Crippen LogP contribution in [0.25, 0.3) is 0 Å². The molecule has 0 aliphatic rings. The second-order valence-corrected chi connectivity index (χ2v) is 6.40. The van der Waals surface area contributed by atoms with Gasteiger partial charge in [-0.1, -0.05) is 17.7 Å². The Bertz CT molecular complexity index is 724. The predicted octanol–water partition coefficient (Wildman–Crippen LogP) is 3.17. The van der Waals surface area contributed by atoms with E-state index in [2.05, 4.69) is 4.72 Å². The van der Waals surface area contributed by atoms with Gasteiger partial charge >= 0.3 is 0 Å². The van der Waals surface area contributed by atoms with Crippen molar-refractivity contribution in [2.45, 2.75) is 6.92 Å². The molecule has 21 heavy (non-hydrogen) atoms. The first-order valence-corrected chi connectivity index (χ1v) is 8.17. The van der Waals surface area contributed by atoms with E-state index in [-0.39, 0.29) is 0 Å². The van der Waals surface area contributed by atoms with Crippen LogP contribution >= 0.6 is 0 Å². The van der Waals surface area contributed by atoms with Gasteiger partial charge in [0.1, 0.15) is 11.5 Å². The molecular weight excluding hydrogens is 290 g/mol. The molecule has 0 bridgehead atoms. The number of hydrogen-bond acceptors (Lipinski definition) is 4. The fraction of sp³-hybridized carbons (Fsp3) is 0.200. The zero-order chi connectivity index (χ0) is 15.5. The number of methoxy groups -OCH3 is 1. The number of benzene rings is 2. The van der Waals surface area contributed by atoms with Gasteiger partial charge in [0.25, 0.3) is 0 Å². The van der Waals surface area contributed by atoms with Crippen molar-refractivity contribution in [1.29, 1.82) is 0 Å². The zero-order valence-electron chi connectivity index (χ0n) is 12.1. The lowest BCUT2D eigenvalue weighted by molar-refractivity contribution is 0.413. The van der Waals surface area contributed by atoms with Crippen molar-refractivity contribution in [2.75, 3.05) is 18.1 Å². The third-order valence-electron chi connectivity index (χ3n) is 2.73. The molecule has 2 aromatic carbocycles. The molecule has 0 aliphatic carbocycles. The highest BCUT2D eigenvalue weighted by Gasteiger charge is 2.11. The smallest absolute Gasteiger partial charge is 0.229 e. The molecular formula is C15H17NO4S. The van der Waals surface area contributed by atoms with E-state index in [1.807, 2.05) is 31.2 Å². The van der Waals surface area contributed by atoms with Gasteiger partial charge in [0.2, 0.25) is 10.0 Å². The Kier molecular flexibility index (Phi) is 4.37. The molecule has 0 spiro atoms. The van der Waals surface area contributed by atoms with Crippen molar-refractivity contribution in [2.24, 2.45) is 0 Å². The van der Waals surface area contributed by atoms with Crippen molar-refractivity contribution < 1.29 is 17.9 Å². The highest BCUT2D eigenvalue weighted by molar-refractivity contribution is 7.92. The fourth-order valence-corrected chi connectivity index (χ4v) is 2.30. The Morgan fingerprint density at radius 3 is 2.19 bits per heavy atom. The Morgan fingerprint density at radius 2 is 1.62 bits per heavy atom. The summed E-state index contributed by atoms with van der Waals surface area (Å²) < 4.78 is 36.1. The van der Waals surface area contributed by atoms with Gasteiger partial charge in [-0.05, 0) is 31.2 Å². The molecule has 0 fully saturated rings. The van der Waals surface area contributed by atoms with E-state index in [1.165, 1.54) is 7.11 Å². The van der Waals surface area contributed by atoms with Crippen LogP contribution in [0.1, 0.15) is 5.56 Å². The van der Waals surface area contributed by atoms with Gasteiger partial charge in [0.15, 0.2) is 5.75 Å². The summed E-state index contributed by atoms with van der Waals surface area (Å²) in [5.41, 5.74) is 1.45. The number of rotatable bonds is 5. The third kappa shape index (κ3) is 4.39. The Hall–Kier alpha value is -2.21. The molecule has 2 aromatic rings. The van der Waals surface area contributed by atoms with Crippen LogP contribution in [-0.2, 0) is 10.0 Å². The van der Waals surface area contributed by atoms with Gasteiger partial charge in [-0.15, -0.1) is 0 Å². The van der Waals surface area contributed by atoms with Crippen LogP contribution in [0, 0.1) is 6.92 Å². The van der Waals surface area contributed by atoms with Crippen LogP contribution in [-0.4, -0.2) is 21.8 Å². The molecule has 2 rings (SSSR count). The number of aryl methyl sites for hydroxylation is 1. The molecule has 1 N–H and O–H groups in total. The monoisotopic (exact) mass is 307 g/mol.